The van der Waals surface area contributed by atoms with Crippen LogP contribution in [0.3, 0.4) is 0 Å². The Kier molecular flexibility index (Phi) is 13.3. The molecule has 0 amide bonds. The van der Waals surface area contributed by atoms with Gasteiger partial charge in [-0.15, -0.1) is 22.7 Å². The molecule has 2 aromatic carbocycles. The number of hydrogen-bond acceptors (Lipinski definition) is 14. The van der Waals surface area contributed by atoms with Gasteiger partial charge in [-0.3, -0.25) is 9.98 Å². The van der Waals surface area contributed by atoms with Gasteiger partial charge in [-0.1, -0.05) is 44.0 Å². The lowest BCUT2D eigenvalue weighted by atomic mass is 9.94. The summed E-state index contributed by atoms with van der Waals surface area (Å²) >= 11 is 9.74. The van der Waals surface area contributed by atoms with Gasteiger partial charge in [-0.05, 0) is 62.1 Å². The van der Waals surface area contributed by atoms with E-state index in [2.05, 4.69) is 41.8 Å². The van der Waals surface area contributed by atoms with Gasteiger partial charge in [0.25, 0.3) is 0 Å². The topological polar surface area (TPSA) is 150 Å². The average molecular weight is 961 g/mol. The molecule has 4 aromatic rings. The first kappa shape index (κ1) is 41.9. The van der Waals surface area contributed by atoms with E-state index in [0.717, 1.165) is 21.4 Å². The van der Waals surface area contributed by atoms with Crippen LogP contribution in [0.25, 0.3) is 0 Å². The summed E-state index contributed by atoms with van der Waals surface area (Å²) in [5.41, 5.74) is 3.75. The van der Waals surface area contributed by atoms with Gasteiger partial charge in [0.1, 0.15) is 23.7 Å². The summed E-state index contributed by atoms with van der Waals surface area (Å²) in [5.74, 6) is -0.392. The number of aliphatic imine (C=N–C) groups is 2. The molecule has 6 heterocycles. The SMILES string of the molecule is CCOC(=O)C1=C2C[C@@H](CO)CN2C(c2nccs2)=NC1c1ccc(F)cc1Br.CCOC(=O)C1=C2C[C@@H](CO)CN2C(c2nccs2)=NC1c1ccc(F)cc1Br. The Labute approximate surface area is 357 Å². The summed E-state index contributed by atoms with van der Waals surface area (Å²) in [4.78, 5) is 48.4. The lowest BCUT2D eigenvalue weighted by Crippen LogP contribution is -2.35. The predicted molar refractivity (Wildman–Crippen MR) is 222 cm³/mol. The Balaban J connectivity index is 0.000000177. The van der Waals surface area contributed by atoms with Gasteiger partial charge in [0.05, 0.1) is 24.4 Å². The van der Waals surface area contributed by atoms with E-state index in [-0.39, 0.29) is 49.9 Å². The summed E-state index contributed by atoms with van der Waals surface area (Å²) < 4.78 is 39.1. The van der Waals surface area contributed by atoms with Crippen molar-refractivity contribution in [3.8, 4) is 0 Å². The van der Waals surface area contributed by atoms with Gasteiger partial charge in [0, 0.05) is 81.6 Å². The van der Waals surface area contributed by atoms with Crippen molar-refractivity contribution in [2.75, 3.05) is 39.5 Å². The van der Waals surface area contributed by atoms with Crippen molar-refractivity contribution in [1.82, 2.24) is 19.8 Å². The normalized spacial score (nSPS) is 21.2. The number of allylic oxidation sites excluding steroid dienone is 2. The van der Waals surface area contributed by atoms with Crippen molar-refractivity contribution in [2.24, 2.45) is 21.8 Å². The highest BCUT2D eigenvalue weighted by Gasteiger charge is 2.44. The van der Waals surface area contributed by atoms with E-state index >= 15 is 0 Å². The third-order valence-corrected chi connectivity index (χ3v) is 12.9. The second kappa shape index (κ2) is 18.4. The molecule has 2 unspecified atom stereocenters. The van der Waals surface area contributed by atoms with Gasteiger partial charge in [-0.2, -0.15) is 0 Å². The second-order valence-corrected chi connectivity index (χ2v) is 17.1. The minimum absolute atomic E-state index is 0.00611. The fraction of sp³-hybridized carbons (Fsp3) is 0.350. The maximum atomic E-state index is 13.7. The van der Waals surface area contributed by atoms with Gasteiger partial charge < -0.3 is 29.5 Å². The van der Waals surface area contributed by atoms with Crippen LogP contribution in [0.1, 0.15) is 59.9 Å². The maximum absolute atomic E-state index is 13.7. The number of benzene rings is 2. The van der Waals surface area contributed by atoms with Gasteiger partial charge in [-0.25, -0.2) is 28.3 Å². The largest absolute Gasteiger partial charge is 0.463 e. The van der Waals surface area contributed by atoms with Crippen molar-refractivity contribution in [2.45, 2.75) is 38.8 Å². The summed E-state index contributed by atoms with van der Waals surface area (Å²) in [7, 11) is 0. The predicted octanol–water partition coefficient (Wildman–Crippen LogP) is 7.36. The number of rotatable bonds is 10. The number of hydrogen-bond donors (Lipinski definition) is 2. The summed E-state index contributed by atoms with van der Waals surface area (Å²) in [6, 6.07) is 7.35. The zero-order valence-electron chi connectivity index (χ0n) is 31.3. The van der Waals surface area contributed by atoms with Crippen LogP contribution in [0.2, 0.25) is 0 Å². The van der Waals surface area contributed by atoms with Crippen LogP contribution in [0.5, 0.6) is 0 Å². The van der Waals surface area contributed by atoms with Crippen LogP contribution in [0.4, 0.5) is 8.78 Å². The Bertz CT molecular complexity index is 2150. The molecule has 2 fully saturated rings. The van der Waals surface area contributed by atoms with Crippen molar-refractivity contribution in [3.63, 3.8) is 0 Å². The standard InChI is InChI=1S/2C20H19BrFN3O3S/c2*1-2-28-20(27)16-15-7-11(10-26)9-25(15)18(19-23-5-6-29-19)24-17(16)13-4-3-12(22)8-14(13)21/h2*3-6,8,11,17,26H,2,7,9-10H2,1H3/t2*11-,17?/m11/s1. The fourth-order valence-corrected chi connectivity index (χ4v) is 9.84. The minimum Gasteiger partial charge on any atom is -0.463 e. The molecule has 58 heavy (non-hydrogen) atoms. The van der Waals surface area contributed by atoms with E-state index in [1.165, 1.54) is 46.9 Å². The van der Waals surface area contributed by atoms with Crippen molar-refractivity contribution < 1.29 is 38.1 Å². The number of halogens is 4. The smallest absolute Gasteiger partial charge is 0.338 e. The van der Waals surface area contributed by atoms with E-state index in [4.69, 9.17) is 19.5 Å². The molecular weight excluding hydrogens is 922 g/mol. The fourth-order valence-electron chi connectivity index (χ4n) is 7.43. The first-order valence-electron chi connectivity index (χ1n) is 18.5. The number of nitrogens with zero attached hydrogens (tertiary/aromatic N) is 6. The van der Waals surface area contributed by atoms with Gasteiger partial charge in [0.2, 0.25) is 0 Å². The molecule has 18 heteroatoms. The number of carbonyl (C=O) groups is 2. The highest BCUT2D eigenvalue weighted by atomic mass is 79.9. The van der Waals surface area contributed by atoms with Crippen LogP contribution in [0.15, 0.2) is 101 Å². The first-order chi connectivity index (χ1) is 28.1. The Morgan fingerprint density at radius 3 is 1.48 bits per heavy atom. The van der Waals surface area contributed by atoms with E-state index in [1.54, 1.807) is 38.4 Å². The number of carbonyl (C=O) groups excluding carboxylic acids is 2. The average Bonchev–Trinajstić information content (AvgIpc) is 4.05. The van der Waals surface area contributed by atoms with Gasteiger partial charge >= 0.3 is 11.9 Å². The van der Waals surface area contributed by atoms with Crippen LogP contribution in [-0.4, -0.2) is 93.1 Å². The van der Waals surface area contributed by atoms with Crippen molar-refractivity contribution in [1.29, 1.82) is 0 Å². The molecule has 0 spiro atoms. The molecule has 4 aliphatic heterocycles. The van der Waals surface area contributed by atoms with Crippen LogP contribution >= 0.6 is 54.5 Å². The number of aromatic nitrogens is 2. The molecule has 2 N–H and O–H groups in total. The zero-order chi connectivity index (χ0) is 41.1. The molecule has 0 radical (unpaired) electrons. The number of amidine groups is 2. The lowest BCUT2D eigenvalue weighted by molar-refractivity contribution is -0.140. The Morgan fingerprint density at radius 1 is 0.741 bits per heavy atom. The third kappa shape index (κ3) is 8.45. The highest BCUT2D eigenvalue weighted by Crippen LogP contribution is 2.45. The maximum Gasteiger partial charge on any atom is 0.338 e. The molecule has 0 aliphatic carbocycles. The van der Waals surface area contributed by atoms with E-state index in [1.807, 2.05) is 20.6 Å². The number of aliphatic hydroxyl groups is 2. The summed E-state index contributed by atoms with van der Waals surface area (Å²) in [6.07, 6.45) is 4.47. The van der Waals surface area contributed by atoms with Crippen LogP contribution < -0.4 is 0 Å². The van der Waals surface area contributed by atoms with E-state index in [9.17, 15) is 28.6 Å². The van der Waals surface area contributed by atoms with Crippen LogP contribution in [0, 0.1) is 23.5 Å². The molecule has 304 valence electrons. The lowest BCUT2D eigenvalue weighted by Gasteiger charge is -2.32. The molecule has 0 saturated carbocycles. The Morgan fingerprint density at radius 2 is 1.16 bits per heavy atom. The number of aliphatic hydroxyl groups excluding tert-OH is 2. The van der Waals surface area contributed by atoms with Gasteiger partial charge in [0.15, 0.2) is 21.7 Å². The number of esters is 2. The van der Waals surface area contributed by atoms with Crippen molar-refractivity contribution >= 4 is 78.1 Å². The molecule has 2 aromatic heterocycles. The monoisotopic (exact) mass is 958 g/mol. The summed E-state index contributed by atoms with van der Waals surface area (Å²) in [6.45, 7) is 5.08. The van der Waals surface area contributed by atoms with E-state index < -0.39 is 24.0 Å². The molecule has 8 rings (SSSR count). The Hall–Kier alpha value is -4.20. The third-order valence-electron chi connectivity index (χ3n) is 9.95. The zero-order valence-corrected chi connectivity index (χ0v) is 36.1. The van der Waals surface area contributed by atoms with Crippen molar-refractivity contribution in [3.05, 3.63) is 124 Å². The van der Waals surface area contributed by atoms with Crippen LogP contribution in [-0.2, 0) is 19.1 Å². The molecule has 4 aliphatic rings. The first-order valence-corrected chi connectivity index (χ1v) is 21.8. The second-order valence-electron chi connectivity index (χ2n) is 13.6. The van der Waals surface area contributed by atoms with E-state index in [0.29, 0.717) is 68.8 Å². The molecule has 0 bridgehead atoms. The molecule has 4 atom stereocenters. The highest BCUT2D eigenvalue weighted by molar-refractivity contribution is 9.10. The minimum atomic E-state index is -0.661. The quantitative estimate of drug-likeness (QED) is 0.155. The number of ether oxygens (including phenoxy) is 2. The molecular formula is C40H38Br2F2N6O6S2. The summed E-state index contributed by atoms with van der Waals surface area (Å²) in [5, 5.41) is 24.7. The molecule has 12 nitrogen and oxygen atoms in total. The number of thiazole rings is 2. The molecule has 2 saturated heterocycles. The number of fused-ring (bicyclic) bond motifs is 2.